The largest absolute Gasteiger partial charge is 0.496 e. The van der Waals surface area contributed by atoms with Crippen molar-refractivity contribution in [3.8, 4) is 5.75 Å². The standard InChI is InChI=1S/C14H14O3S/c1-16-14-5-4-11(8-15)7-12(14)9-18-10-13-3-2-6-17-13/h2-8H,9-10H2,1H3. The second kappa shape index (κ2) is 6.31. The third-order valence-electron chi connectivity index (χ3n) is 2.52. The molecule has 0 aliphatic rings. The first-order chi connectivity index (χ1) is 8.83. The van der Waals surface area contributed by atoms with Gasteiger partial charge in [-0.05, 0) is 30.3 Å². The summed E-state index contributed by atoms with van der Waals surface area (Å²) in [5.74, 6) is 3.35. The molecule has 2 aromatic rings. The molecular formula is C14H14O3S. The minimum atomic E-state index is 0.671. The number of carbonyl (C=O) groups is 1. The highest BCUT2D eigenvalue weighted by Crippen LogP contribution is 2.26. The number of furan rings is 1. The summed E-state index contributed by atoms with van der Waals surface area (Å²) < 4.78 is 10.5. The van der Waals surface area contributed by atoms with Crippen LogP contribution in [-0.4, -0.2) is 13.4 Å². The third-order valence-corrected chi connectivity index (χ3v) is 3.53. The second-order valence-corrected chi connectivity index (χ2v) is 4.75. The number of hydrogen-bond acceptors (Lipinski definition) is 4. The summed E-state index contributed by atoms with van der Waals surface area (Å²) in [5, 5.41) is 0. The van der Waals surface area contributed by atoms with Crippen molar-refractivity contribution in [2.24, 2.45) is 0 Å². The van der Waals surface area contributed by atoms with Gasteiger partial charge in [-0.3, -0.25) is 4.79 Å². The number of aldehydes is 1. The zero-order chi connectivity index (χ0) is 12.8. The van der Waals surface area contributed by atoms with Crippen LogP contribution in [-0.2, 0) is 11.5 Å². The molecular weight excluding hydrogens is 248 g/mol. The summed E-state index contributed by atoms with van der Waals surface area (Å²) >= 11 is 1.72. The predicted molar refractivity (Wildman–Crippen MR) is 72.1 cm³/mol. The first kappa shape index (κ1) is 12.8. The molecule has 94 valence electrons. The van der Waals surface area contributed by atoms with Gasteiger partial charge in [-0.2, -0.15) is 0 Å². The fourth-order valence-corrected chi connectivity index (χ4v) is 2.55. The Morgan fingerprint density at radius 1 is 1.33 bits per heavy atom. The summed E-state index contributed by atoms with van der Waals surface area (Å²) in [4.78, 5) is 10.8. The molecule has 0 radical (unpaired) electrons. The van der Waals surface area contributed by atoms with E-state index in [4.69, 9.17) is 9.15 Å². The second-order valence-electron chi connectivity index (χ2n) is 3.76. The molecule has 18 heavy (non-hydrogen) atoms. The molecule has 0 aliphatic heterocycles. The topological polar surface area (TPSA) is 39.4 Å². The highest BCUT2D eigenvalue weighted by atomic mass is 32.2. The monoisotopic (exact) mass is 262 g/mol. The number of thioether (sulfide) groups is 1. The van der Waals surface area contributed by atoms with E-state index in [2.05, 4.69) is 0 Å². The van der Waals surface area contributed by atoms with Gasteiger partial charge in [0.05, 0.1) is 19.1 Å². The normalized spacial score (nSPS) is 10.3. The molecule has 3 nitrogen and oxygen atoms in total. The molecule has 0 fully saturated rings. The zero-order valence-corrected chi connectivity index (χ0v) is 10.9. The van der Waals surface area contributed by atoms with E-state index in [0.29, 0.717) is 5.56 Å². The molecule has 0 N–H and O–H groups in total. The van der Waals surface area contributed by atoms with E-state index in [0.717, 1.165) is 34.9 Å². The van der Waals surface area contributed by atoms with Gasteiger partial charge in [0.25, 0.3) is 0 Å². The molecule has 0 atom stereocenters. The van der Waals surface area contributed by atoms with E-state index < -0.39 is 0 Å². The van der Waals surface area contributed by atoms with E-state index in [1.165, 1.54) is 0 Å². The van der Waals surface area contributed by atoms with Crippen molar-refractivity contribution in [1.29, 1.82) is 0 Å². The molecule has 1 aromatic heterocycles. The van der Waals surface area contributed by atoms with Gasteiger partial charge in [0.1, 0.15) is 17.8 Å². The van der Waals surface area contributed by atoms with Crippen LogP contribution in [0.4, 0.5) is 0 Å². The third kappa shape index (κ3) is 3.17. The minimum absolute atomic E-state index is 0.671. The molecule has 1 heterocycles. The Kier molecular flexibility index (Phi) is 4.47. The molecule has 0 aliphatic carbocycles. The van der Waals surface area contributed by atoms with E-state index in [-0.39, 0.29) is 0 Å². The Bertz CT molecular complexity index is 506. The molecule has 0 unspecified atom stereocenters. The van der Waals surface area contributed by atoms with Crippen molar-refractivity contribution in [2.75, 3.05) is 7.11 Å². The van der Waals surface area contributed by atoms with Gasteiger partial charge in [0.15, 0.2) is 0 Å². The van der Waals surface area contributed by atoms with Gasteiger partial charge in [-0.1, -0.05) is 0 Å². The lowest BCUT2D eigenvalue weighted by atomic mass is 10.1. The van der Waals surface area contributed by atoms with Gasteiger partial charge in [0.2, 0.25) is 0 Å². The number of ether oxygens (including phenoxy) is 1. The van der Waals surface area contributed by atoms with Gasteiger partial charge in [-0.15, -0.1) is 11.8 Å². The van der Waals surface area contributed by atoms with E-state index in [9.17, 15) is 4.79 Å². The van der Waals surface area contributed by atoms with Crippen LogP contribution in [0.15, 0.2) is 41.0 Å². The number of hydrogen-bond donors (Lipinski definition) is 0. The first-order valence-corrected chi connectivity index (χ1v) is 6.71. The molecule has 0 spiro atoms. The summed E-state index contributed by atoms with van der Waals surface area (Å²) in [7, 11) is 1.64. The highest BCUT2D eigenvalue weighted by Gasteiger charge is 2.05. The van der Waals surface area contributed by atoms with Crippen LogP contribution < -0.4 is 4.74 Å². The van der Waals surface area contributed by atoms with Crippen molar-refractivity contribution in [3.63, 3.8) is 0 Å². The summed E-state index contributed by atoms with van der Waals surface area (Å²) in [6.07, 6.45) is 2.52. The molecule has 0 amide bonds. The summed E-state index contributed by atoms with van der Waals surface area (Å²) in [6, 6.07) is 9.27. The fraction of sp³-hybridized carbons (Fsp3) is 0.214. The Hall–Kier alpha value is -1.68. The Labute approximate surface area is 110 Å². The highest BCUT2D eigenvalue weighted by molar-refractivity contribution is 7.97. The molecule has 0 saturated carbocycles. The minimum Gasteiger partial charge on any atom is -0.496 e. The van der Waals surface area contributed by atoms with Crippen LogP contribution in [0.2, 0.25) is 0 Å². The van der Waals surface area contributed by atoms with Gasteiger partial charge in [-0.25, -0.2) is 0 Å². The Morgan fingerprint density at radius 3 is 2.89 bits per heavy atom. The molecule has 1 aromatic carbocycles. The zero-order valence-electron chi connectivity index (χ0n) is 10.1. The SMILES string of the molecule is COc1ccc(C=O)cc1CSCc1ccco1. The van der Waals surface area contributed by atoms with E-state index >= 15 is 0 Å². The Morgan fingerprint density at radius 2 is 2.22 bits per heavy atom. The number of methoxy groups -OCH3 is 1. The fourth-order valence-electron chi connectivity index (χ4n) is 1.64. The first-order valence-electron chi connectivity index (χ1n) is 5.55. The number of rotatable bonds is 6. The van der Waals surface area contributed by atoms with Gasteiger partial charge < -0.3 is 9.15 Å². The lowest BCUT2D eigenvalue weighted by Crippen LogP contribution is -1.93. The van der Waals surface area contributed by atoms with Crippen molar-refractivity contribution in [3.05, 3.63) is 53.5 Å². The number of carbonyl (C=O) groups excluding carboxylic acids is 1. The lowest BCUT2D eigenvalue weighted by Gasteiger charge is -2.08. The van der Waals surface area contributed by atoms with Gasteiger partial charge >= 0.3 is 0 Å². The maximum Gasteiger partial charge on any atom is 0.150 e. The number of benzene rings is 1. The van der Waals surface area contributed by atoms with Crippen molar-refractivity contribution in [2.45, 2.75) is 11.5 Å². The lowest BCUT2D eigenvalue weighted by molar-refractivity contribution is 0.112. The van der Waals surface area contributed by atoms with E-state index in [1.54, 1.807) is 31.2 Å². The molecule has 4 heteroatoms. The van der Waals surface area contributed by atoms with Crippen LogP contribution in [0.25, 0.3) is 0 Å². The van der Waals surface area contributed by atoms with Crippen LogP contribution in [0.1, 0.15) is 21.7 Å². The van der Waals surface area contributed by atoms with Gasteiger partial charge in [0, 0.05) is 16.9 Å². The average Bonchev–Trinajstić information content (AvgIpc) is 2.92. The van der Waals surface area contributed by atoms with Crippen LogP contribution in [0.5, 0.6) is 5.75 Å². The molecule has 0 bridgehead atoms. The van der Waals surface area contributed by atoms with Crippen LogP contribution >= 0.6 is 11.8 Å². The summed E-state index contributed by atoms with van der Waals surface area (Å²) in [5.41, 5.74) is 1.70. The maximum atomic E-state index is 10.8. The van der Waals surface area contributed by atoms with Crippen LogP contribution in [0, 0.1) is 0 Å². The van der Waals surface area contributed by atoms with Crippen LogP contribution in [0.3, 0.4) is 0 Å². The quantitative estimate of drug-likeness (QED) is 0.746. The molecule has 2 rings (SSSR count). The van der Waals surface area contributed by atoms with Crippen molar-refractivity contribution >= 4 is 18.0 Å². The smallest absolute Gasteiger partial charge is 0.150 e. The van der Waals surface area contributed by atoms with E-state index in [1.807, 2.05) is 24.3 Å². The average molecular weight is 262 g/mol. The molecule has 0 saturated heterocycles. The Balaban J connectivity index is 2.00. The maximum absolute atomic E-state index is 10.8. The van der Waals surface area contributed by atoms with Crippen molar-refractivity contribution < 1.29 is 13.9 Å². The summed E-state index contributed by atoms with van der Waals surface area (Å²) in [6.45, 7) is 0. The predicted octanol–water partition coefficient (Wildman–Crippen LogP) is 3.53. The van der Waals surface area contributed by atoms with Crippen molar-refractivity contribution in [1.82, 2.24) is 0 Å².